The van der Waals surface area contributed by atoms with Crippen LogP contribution in [0.25, 0.3) is 10.9 Å². The van der Waals surface area contributed by atoms with Crippen LogP contribution in [0, 0.1) is 6.92 Å². The first kappa shape index (κ1) is 11.9. The fourth-order valence-electron chi connectivity index (χ4n) is 1.98. The molecule has 0 spiro atoms. The summed E-state index contributed by atoms with van der Waals surface area (Å²) in [6.45, 7) is 2.60. The van der Waals surface area contributed by atoms with E-state index in [0.29, 0.717) is 6.54 Å². The van der Waals surface area contributed by atoms with Crippen molar-refractivity contribution >= 4 is 28.1 Å². The molecule has 3 rings (SSSR count). The van der Waals surface area contributed by atoms with Gasteiger partial charge in [-0.3, -0.25) is 4.79 Å². The Balaban J connectivity index is 1.88. The number of aryl methyl sites for hydroxylation is 1. The van der Waals surface area contributed by atoms with E-state index in [1.54, 1.807) is 0 Å². The highest BCUT2D eigenvalue weighted by molar-refractivity contribution is 7.07. The number of anilines is 1. The highest BCUT2D eigenvalue weighted by Crippen LogP contribution is 2.19. The molecule has 5 heteroatoms. The van der Waals surface area contributed by atoms with Crippen molar-refractivity contribution in [3.8, 4) is 0 Å². The molecular formula is C14H13N3OS. The Labute approximate surface area is 114 Å². The van der Waals surface area contributed by atoms with Crippen LogP contribution in [-0.4, -0.2) is 9.97 Å². The van der Waals surface area contributed by atoms with E-state index in [1.165, 1.54) is 11.3 Å². The Bertz CT molecular complexity index is 775. The lowest BCUT2D eigenvalue weighted by Gasteiger charge is -2.09. The van der Waals surface area contributed by atoms with Crippen molar-refractivity contribution in [1.29, 1.82) is 0 Å². The van der Waals surface area contributed by atoms with Gasteiger partial charge in [0, 0.05) is 16.5 Å². The van der Waals surface area contributed by atoms with Crippen molar-refractivity contribution in [1.82, 2.24) is 9.97 Å². The summed E-state index contributed by atoms with van der Waals surface area (Å²) >= 11 is 1.17. The molecule has 1 aromatic carbocycles. The third-order valence-corrected chi connectivity index (χ3v) is 3.65. The average Bonchev–Trinajstić information content (AvgIpc) is 2.82. The molecule has 4 nitrogen and oxygen atoms in total. The molecule has 0 saturated carbocycles. The zero-order valence-corrected chi connectivity index (χ0v) is 11.3. The summed E-state index contributed by atoms with van der Waals surface area (Å²) in [7, 11) is 0. The van der Waals surface area contributed by atoms with Crippen LogP contribution < -0.4 is 10.2 Å². The molecule has 0 saturated heterocycles. The molecule has 0 aliphatic rings. The zero-order chi connectivity index (χ0) is 13.2. The van der Waals surface area contributed by atoms with Crippen LogP contribution in [0.1, 0.15) is 11.3 Å². The lowest BCUT2D eigenvalue weighted by atomic mass is 10.1. The average molecular weight is 271 g/mol. The molecule has 0 fully saturated rings. The third-order valence-electron chi connectivity index (χ3n) is 2.93. The molecule has 2 N–H and O–H groups in total. The van der Waals surface area contributed by atoms with E-state index in [-0.39, 0.29) is 4.87 Å². The van der Waals surface area contributed by atoms with Crippen molar-refractivity contribution in [2.45, 2.75) is 13.5 Å². The summed E-state index contributed by atoms with van der Waals surface area (Å²) in [6, 6.07) is 10.1. The van der Waals surface area contributed by atoms with Gasteiger partial charge in [-0.05, 0) is 24.6 Å². The van der Waals surface area contributed by atoms with Crippen LogP contribution in [0.15, 0.2) is 40.5 Å². The molecule has 0 unspecified atom stereocenters. The Hall–Kier alpha value is -2.14. The van der Waals surface area contributed by atoms with Gasteiger partial charge in [-0.25, -0.2) is 4.98 Å². The topological polar surface area (TPSA) is 57.8 Å². The number of hydrogen-bond donors (Lipinski definition) is 2. The van der Waals surface area contributed by atoms with Crippen LogP contribution in [-0.2, 0) is 6.54 Å². The van der Waals surface area contributed by atoms with Crippen LogP contribution in [0.4, 0.5) is 5.82 Å². The normalized spacial score (nSPS) is 10.8. The molecule has 0 bridgehead atoms. The quantitative estimate of drug-likeness (QED) is 0.770. The van der Waals surface area contributed by atoms with Crippen molar-refractivity contribution in [2.75, 3.05) is 5.32 Å². The summed E-state index contributed by atoms with van der Waals surface area (Å²) < 4.78 is 0. The van der Waals surface area contributed by atoms with Crippen LogP contribution in [0.3, 0.4) is 0 Å². The molecule has 2 aromatic heterocycles. The Kier molecular flexibility index (Phi) is 3.05. The van der Waals surface area contributed by atoms with E-state index in [4.69, 9.17) is 0 Å². The molecular weight excluding hydrogens is 258 g/mol. The van der Waals surface area contributed by atoms with Crippen molar-refractivity contribution in [3.63, 3.8) is 0 Å². The fraction of sp³-hybridized carbons (Fsp3) is 0.143. The minimum Gasteiger partial charge on any atom is -0.364 e. The van der Waals surface area contributed by atoms with Gasteiger partial charge in [0.2, 0.25) is 0 Å². The SMILES string of the molecule is Cc1cc2ccccc2nc1NCc1csc(=O)[nH]1. The number of nitrogens with zero attached hydrogens (tertiary/aromatic N) is 1. The van der Waals surface area contributed by atoms with Crippen LogP contribution >= 0.6 is 11.3 Å². The monoisotopic (exact) mass is 271 g/mol. The number of benzene rings is 1. The van der Waals surface area contributed by atoms with Crippen molar-refractivity contribution in [3.05, 3.63) is 56.6 Å². The van der Waals surface area contributed by atoms with E-state index in [9.17, 15) is 4.79 Å². The maximum Gasteiger partial charge on any atom is 0.304 e. The van der Waals surface area contributed by atoms with Gasteiger partial charge in [0.25, 0.3) is 0 Å². The fourth-order valence-corrected chi connectivity index (χ4v) is 2.56. The minimum atomic E-state index is -0.0278. The van der Waals surface area contributed by atoms with Gasteiger partial charge >= 0.3 is 4.87 Å². The largest absolute Gasteiger partial charge is 0.364 e. The van der Waals surface area contributed by atoms with Gasteiger partial charge in [0.05, 0.1) is 12.1 Å². The first-order valence-electron chi connectivity index (χ1n) is 5.99. The number of hydrogen-bond acceptors (Lipinski definition) is 4. The maximum absolute atomic E-state index is 11.1. The third kappa shape index (κ3) is 2.51. The number of nitrogens with one attached hydrogen (secondary N) is 2. The Morgan fingerprint density at radius 3 is 3.00 bits per heavy atom. The molecule has 19 heavy (non-hydrogen) atoms. The predicted octanol–water partition coefficient (Wildman–Crippen LogP) is 2.91. The highest BCUT2D eigenvalue weighted by Gasteiger charge is 2.03. The number of pyridine rings is 1. The van der Waals surface area contributed by atoms with E-state index in [1.807, 2.05) is 30.5 Å². The van der Waals surface area contributed by atoms with Crippen molar-refractivity contribution in [2.24, 2.45) is 0 Å². The molecule has 96 valence electrons. The van der Waals surface area contributed by atoms with Gasteiger partial charge in [-0.15, -0.1) is 0 Å². The number of H-pyrrole nitrogens is 1. The first-order valence-corrected chi connectivity index (χ1v) is 6.87. The lowest BCUT2D eigenvalue weighted by molar-refractivity contribution is 1.04. The van der Waals surface area contributed by atoms with E-state index >= 15 is 0 Å². The second-order valence-electron chi connectivity index (χ2n) is 4.37. The molecule has 0 radical (unpaired) electrons. The van der Waals surface area contributed by atoms with Gasteiger partial charge < -0.3 is 10.3 Å². The smallest absolute Gasteiger partial charge is 0.304 e. The first-order chi connectivity index (χ1) is 9.22. The minimum absolute atomic E-state index is 0.0278. The number of aromatic amines is 1. The number of aromatic nitrogens is 2. The molecule has 2 heterocycles. The molecule has 3 aromatic rings. The zero-order valence-electron chi connectivity index (χ0n) is 10.4. The standard InChI is InChI=1S/C14H13N3OS/c1-9-6-10-4-2-3-5-12(10)17-13(9)15-7-11-8-19-14(18)16-11/h2-6,8H,7H2,1H3,(H,15,17)(H,16,18). The second kappa shape index (κ2) is 4.85. The number of para-hydroxylation sites is 1. The van der Waals surface area contributed by atoms with Gasteiger partial charge in [0.15, 0.2) is 0 Å². The summed E-state index contributed by atoms with van der Waals surface area (Å²) in [5, 5.41) is 6.22. The predicted molar refractivity (Wildman–Crippen MR) is 78.7 cm³/mol. The second-order valence-corrected chi connectivity index (χ2v) is 5.22. The Morgan fingerprint density at radius 2 is 2.21 bits per heavy atom. The molecule has 0 amide bonds. The molecule has 0 atom stereocenters. The highest BCUT2D eigenvalue weighted by atomic mass is 32.1. The number of thiazole rings is 1. The van der Waals surface area contributed by atoms with Gasteiger partial charge in [-0.1, -0.05) is 29.5 Å². The number of rotatable bonds is 3. The molecule has 0 aliphatic carbocycles. The summed E-state index contributed by atoms with van der Waals surface area (Å²) in [6.07, 6.45) is 0. The summed E-state index contributed by atoms with van der Waals surface area (Å²) in [5.41, 5.74) is 2.94. The molecule has 0 aliphatic heterocycles. The Morgan fingerprint density at radius 1 is 1.37 bits per heavy atom. The summed E-state index contributed by atoms with van der Waals surface area (Å²) in [5.74, 6) is 0.853. The van der Waals surface area contributed by atoms with E-state index in [0.717, 1.165) is 28.0 Å². The maximum atomic E-state index is 11.1. The van der Waals surface area contributed by atoms with Crippen molar-refractivity contribution < 1.29 is 0 Å². The van der Waals surface area contributed by atoms with Gasteiger partial charge in [0.1, 0.15) is 5.82 Å². The van der Waals surface area contributed by atoms with Crippen LogP contribution in [0.2, 0.25) is 0 Å². The summed E-state index contributed by atoms with van der Waals surface area (Å²) in [4.78, 5) is 18.4. The van der Waals surface area contributed by atoms with Gasteiger partial charge in [-0.2, -0.15) is 0 Å². The van der Waals surface area contributed by atoms with E-state index < -0.39 is 0 Å². The number of fused-ring (bicyclic) bond motifs is 1. The van der Waals surface area contributed by atoms with E-state index in [2.05, 4.69) is 27.4 Å². The lowest BCUT2D eigenvalue weighted by Crippen LogP contribution is -2.05. The van der Waals surface area contributed by atoms with Crippen LogP contribution in [0.5, 0.6) is 0 Å².